The van der Waals surface area contributed by atoms with Crippen LogP contribution in [0.5, 0.6) is 0 Å². The molecule has 7 rings (SSSR count). The summed E-state index contributed by atoms with van der Waals surface area (Å²) in [6.45, 7) is 5.08. The highest BCUT2D eigenvalue weighted by Crippen LogP contribution is 2.77. The molecule has 2 nitrogen and oxygen atoms in total. The Balaban J connectivity index is 1.63. The highest BCUT2D eigenvalue weighted by Gasteiger charge is 2.80. The Morgan fingerprint density at radius 1 is 0.938 bits per heavy atom. The molecule has 4 aliphatic carbocycles. The second-order valence-electron chi connectivity index (χ2n) is 6.90. The van der Waals surface area contributed by atoms with Crippen molar-refractivity contribution in [3.05, 3.63) is 12.2 Å². The second-order valence-corrected chi connectivity index (χ2v) is 6.90. The van der Waals surface area contributed by atoms with Crippen LogP contribution in [0.25, 0.3) is 0 Å². The Morgan fingerprint density at radius 3 is 2.69 bits per heavy atom. The molecule has 0 spiro atoms. The van der Waals surface area contributed by atoms with Crippen LogP contribution in [0, 0.1) is 41.4 Å². The first-order valence-electron chi connectivity index (χ1n) is 6.81. The smallest absolute Gasteiger partial charge is 0.0683 e. The van der Waals surface area contributed by atoms with E-state index in [1.165, 1.54) is 12.0 Å². The van der Waals surface area contributed by atoms with Gasteiger partial charge in [-0.3, -0.25) is 0 Å². The lowest BCUT2D eigenvalue weighted by atomic mass is 9.48. The summed E-state index contributed by atoms with van der Waals surface area (Å²) in [5.41, 5.74) is 1.37. The topological polar surface area (TPSA) is 18.5 Å². The minimum atomic E-state index is 0.535. The summed E-state index contributed by atoms with van der Waals surface area (Å²) in [5.74, 6) is 5.94. The van der Waals surface area contributed by atoms with E-state index >= 15 is 0 Å². The van der Waals surface area contributed by atoms with E-state index < -0.39 is 0 Å². The van der Waals surface area contributed by atoms with Gasteiger partial charge in [-0.25, -0.2) is 0 Å². The zero-order valence-electron chi connectivity index (χ0n) is 9.21. The average Bonchev–Trinajstić information content (AvgIpc) is 2.94. The zero-order valence-corrected chi connectivity index (χ0v) is 9.21. The summed E-state index contributed by atoms with van der Waals surface area (Å²) >= 11 is 0. The molecule has 7 fully saturated rings. The van der Waals surface area contributed by atoms with Gasteiger partial charge in [0.25, 0.3) is 0 Å². The Labute approximate surface area is 95.0 Å². The molecule has 7 aliphatic rings. The molecule has 0 aromatic rings. The first-order chi connectivity index (χ1) is 7.86. The highest BCUT2D eigenvalue weighted by molar-refractivity contribution is 5.32. The van der Waals surface area contributed by atoms with Crippen molar-refractivity contribution in [2.75, 3.05) is 6.61 Å². The van der Waals surface area contributed by atoms with Gasteiger partial charge in [0.05, 0.1) is 24.9 Å². The molecular weight excluding hydrogens is 200 g/mol. The van der Waals surface area contributed by atoms with Gasteiger partial charge in [-0.1, -0.05) is 6.58 Å². The van der Waals surface area contributed by atoms with Crippen LogP contribution in [0.3, 0.4) is 0 Å². The largest absolute Gasteiger partial charge is 0.374 e. The fraction of sp³-hybridized carbons (Fsp3) is 0.857. The molecule has 3 heterocycles. The lowest BCUT2D eigenvalue weighted by molar-refractivity contribution is -0.127. The molecule has 0 aromatic carbocycles. The molecule has 6 bridgehead atoms. The SMILES string of the molecule is C=C1CO[C@@H]2[C@H]1[C@@H]1C3O[C@H]4[C@@H]5C[C@H]([C@H]2[C@H]35)[C@H]41. The minimum absolute atomic E-state index is 0.535. The van der Waals surface area contributed by atoms with Crippen LogP contribution in [0.4, 0.5) is 0 Å². The van der Waals surface area contributed by atoms with Crippen LogP contribution in [-0.2, 0) is 9.47 Å². The van der Waals surface area contributed by atoms with Gasteiger partial charge in [-0.15, -0.1) is 0 Å². The van der Waals surface area contributed by atoms with Crippen molar-refractivity contribution in [3.8, 4) is 0 Å². The summed E-state index contributed by atoms with van der Waals surface area (Å²) in [6.07, 6.45) is 3.24. The van der Waals surface area contributed by atoms with E-state index in [0.717, 1.165) is 42.1 Å². The van der Waals surface area contributed by atoms with E-state index in [9.17, 15) is 0 Å². The van der Waals surface area contributed by atoms with Crippen LogP contribution < -0.4 is 0 Å². The van der Waals surface area contributed by atoms with E-state index in [0.29, 0.717) is 24.2 Å². The fourth-order valence-corrected chi connectivity index (χ4v) is 6.88. The summed E-state index contributed by atoms with van der Waals surface area (Å²) in [6, 6.07) is 0. The zero-order chi connectivity index (χ0) is 10.2. The molecule has 3 saturated heterocycles. The molecule has 0 radical (unpaired) electrons. The van der Waals surface area contributed by atoms with Crippen LogP contribution in [0.1, 0.15) is 6.42 Å². The van der Waals surface area contributed by atoms with Crippen molar-refractivity contribution in [2.45, 2.75) is 24.7 Å². The predicted molar refractivity (Wildman–Crippen MR) is 56.6 cm³/mol. The molecule has 16 heavy (non-hydrogen) atoms. The average molecular weight is 216 g/mol. The van der Waals surface area contributed by atoms with Crippen molar-refractivity contribution in [3.63, 3.8) is 0 Å². The Hall–Kier alpha value is -0.340. The van der Waals surface area contributed by atoms with Crippen LogP contribution in [0.2, 0.25) is 0 Å². The van der Waals surface area contributed by atoms with E-state index in [1.54, 1.807) is 0 Å². The molecule has 2 heteroatoms. The van der Waals surface area contributed by atoms with Crippen molar-refractivity contribution < 1.29 is 9.47 Å². The summed E-state index contributed by atoms with van der Waals surface area (Å²) in [7, 11) is 0. The Bertz CT molecular complexity index is 430. The predicted octanol–water partition coefficient (Wildman–Crippen LogP) is 1.47. The van der Waals surface area contributed by atoms with Gasteiger partial charge < -0.3 is 9.47 Å². The quantitative estimate of drug-likeness (QED) is 0.571. The summed E-state index contributed by atoms with van der Waals surface area (Å²) in [4.78, 5) is 0. The number of hydrogen-bond acceptors (Lipinski definition) is 2. The van der Waals surface area contributed by atoms with E-state index in [2.05, 4.69) is 6.58 Å². The molecule has 84 valence electrons. The maximum absolute atomic E-state index is 6.31. The molecule has 0 amide bonds. The lowest BCUT2D eigenvalue weighted by Gasteiger charge is -2.55. The summed E-state index contributed by atoms with van der Waals surface area (Å²) in [5, 5.41) is 0. The van der Waals surface area contributed by atoms with E-state index in [-0.39, 0.29) is 0 Å². The maximum Gasteiger partial charge on any atom is 0.0683 e. The van der Waals surface area contributed by atoms with Crippen molar-refractivity contribution in [2.24, 2.45) is 41.4 Å². The third-order valence-electron chi connectivity index (χ3n) is 6.87. The molecule has 4 saturated carbocycles. The second kappa shape index (κ2) is 2.04. The monoisotopic (exact) mass is 216 g/mol. The maximum atomic E-state index is 6.31. The van der Waals surface area contributed by atoms with Crippen molar-refractivity contribution in [1.29, 1.82) is 0 Å². The van der Waals surface area contributed by atoms with Gasteiger partial charge in [0.15, 0.2) is 0 Å². The first-order valence-corrected chi connectivity index (χ1v) is 6.81. The van der Waals surface area contributed by atoms with E-state index in [4.69, 9.17) is 9.47 Å². The van der Waals surface area contributed by atoms with Gasteiger partial charge in [-0.05, 0) is 41.6 Å². The van der Waals surface area contributed by atoms with Crippen LogP contribution >= 0.6 is 0 Å². The molecule has 0 aromatic heterocycles. The molecular formula is C14H16O2. The standard InChI is InChI=1S/C14H16O2/c1-4-3-15-13-7(4)11-9-5-2-6-10(8(5)13)14(11)16-12(6)9/h5-14H,1-3H2/t5-,6-,7-,8+,9+,10-,11+,12+,13-,14?/m1/s1. The molecule has 10 atom stereocenters. The number of hydrogen-bond donors (Lipinski definition) is 0. The Morgan fingerprint density at radius 2 is 1.75 bits per heavy atom. The van der Waals surface area contributed by atoms with E-state index in [1.807, 2.05) is 0 Å². The van der Waals surface area contributed by atoms with Gasteiger partial charge in [0, 0.05) is 11.8 Å². The molecule has 0 N–H and O–H groups in total. The van der Waals surface area contributed by atoms with Crippen molar-refractivity contribution >= 4 is 0 Å². The minimum Gasteiger partial charge on any atom is -0.374 e. The van der Waals surface area contributed by atoms with Crippen molar-refractivity contribution in [1.82, 2.24) is 0 Å². The van der Waals surface area contributed by atoms with Gasteiger partial charge >= 0.3 is 0 Å². The van der Waals surface area contributed by atoms with Gasteiger partial charge in [-0.2, -0.15) is 0 Å². The Kier molecular flexibility index (Phi) is 1.00. The number of ether oxygens (including phenoxy) is 2. The fourth-order valence-electron chi connectivity index (χ4n) is 6.88. The molecule has 1 unspecified atom stereocenters. The highest BCUT2D eigenvalue weighted by atomic mass is 16.5. The van der Waals surface area contributed by atoms with Gasteiger partial charge in [0.1, 0.15) is 0 Å². The third-order valence-corrected chi connectivity index (χ3v) is 6.87. The lowest BCUT2D eigenvalue weighted by Crippen LogP contribution is -2.60. The number of rotatable bonds is 0. The van der Waals surface area contributed by atoms with Crippen LogP contribution in [0.15, 0.2) is 12.2 Å². The van der Waals surface area contributed by atoms with Crippen LogP contribution in [-0.4, -0.2) is 24.9 Å². The van der Waals surface area contributed by atoms with Gasteiger partial charge in [0.2, 0.25) is 0 Å². The summed E-state index contributed by atoms with van der Waals surface area (Å²) < 4.78 is 12.4. The normalized spacial score (nSPS) is 75.9. The molecule has 3 aliphatic heterocycles. The third kappa shape index (κ3) is 0.524. The first kappa shape index (κ1) is 7.88.